The molecule has 1 saturated heterocycles. The molecule has 0 spiro atoms. The quantitative estimate of drug-likeness (QED) is 0.386. The smallest absolute Gasteiger partial charge is 0.188 e. The molecule has 6 nitrogen and oxygen atoms in total. The summed E-state index contributed by atoms with van der Waals surface area (Å²) in [5.74, 6) is 1.11. The molecule has 3 N–H and O–H groups in total. The van der Waals surface area contributed by atoms with Crippen LogP contribution in [0, 0.1) is 0 Å². The fourth-order valence-corrected chi connectivity index (χ4v) is 2.90. The van der Waals surface area contributed by atoms with Gasteiger partial charge in [0.25, 0.3) is 0 Å². The maximum Gasteiger partial charge on any atom is 0.188 e. The molecule has 0 aliphatic carbocycles. The summed E-state index contributed by atoms with van der Waals surface area (Å²) in [5, 5.41) is 4.24. The Balaban J connectivity index is 1.52. The number of rotatable bonds is 9. The predicted molar refractivity (Wildman–Crippen MR) is 103 cm³/mol. The van der Waals surface area contributed by atoms with Crippen LogP contribution >= 0.6 is 23.2 Å². The van der Waals surface area contributed by atoms with E-state index in [0.29, 0.717) is 34.9 Å². The summed E-state index contributed by atoms with van der Waals surface area (Å²) in [6.07, 6.45) is 1.80. The van der Waals surface area contributed by atoms with Gasteiger partial charge in [-0.15, -0.1) is 0 Å². The molecule has 0 aromatic heterocycles. The lowest BCUT2D eigenvalue weighted by Gasteiger charge is -2.26. The lowest BCUT2D eigenvalue weighted by molar-refractivity contribution is 0.0376. The molecule has 1 aromatic carbocycles. The fraction of sp³-hybridized carbons (Fsp3) is 0.588. The van der Waals surface area contributed by atoms with Crippen molar-refractivity contribution in [1.29, 1.82) is 0 Å². The summed E-state index contributed by atoms with van der Waals surface area (Å²) in [7, 11) is 0. The standard InChI is InChI=1S/C17H26Cl2N4O2/c18-14-3-4-16(15(19)13-14)25-10-2-6-22-17(20)21-5-1-7-23-8-11-24-12-9-23/h3-4,13H,1-2,5-12H2,(H3,20,21,22). The van der Waals surface area contributed by atoms with Crippen molar-refractivity contribution in [2.24, 2.45) is 10.7 Å². The Morgan fingerprint density at radius 1 is 1.28 bits per heavy atom. The molecular formula is C17H26Cl2N4O2. The van der Waals surface area contributed by atoms with Gasteiger partial charge in [0.2, 0.25) is 0 Å². The van der Waals surface area contributed by atoms with E-state index in [-0.39, 0.29) is 0 Å². The molecule has 0 bridgehead atoms. The number of ether oxygens (including phenoxy) is 2. The van der Waals surface area contributed by atoms with Crippen molar-refractivity contribution in [2.75, 3.05) is 52.5 Å². The molecular weight excluding hydrogens is 363 g/mol. The Bertz CT molecular complexity index is 551. The first-order valence-electron chi connectivity index (χ1n) is 8.57. The number of morpholine rings is 1. The molecule has 25 heavy (non-hydrogen) atoms. The van der Waals surface area contributed by atoms with Gasteiger partial charge in [-0.25, -0.2) is 0 Å². The summed E-state index contributed by atoms with van der Waals surface area (Å²) < 4.78 is 10.9. The summed E-state index contributed by atoms with van der Waals surface area (Å²) in [4.78, 5) is 6.69. The molecule has 0 unspecified atom stereocenters. The largest absolute Gasteiger partial charge is 0.492 e. The van der Waals surface area contributed by atoms with Crippen LogP contribution in [0.2, 0.25) is 10.0 Å². The summed E-state index contributed by atoms with van der Waals surface area (Å²) in [5.41, 5.74) is 5.86. The van der Waals surface area contributed by atoms with Crippen molar-refractivity contribution in [3.8, 4) is 5.75 Å². The number of benzene rings is 1. The Morgan fingerprint density at radius 3 is 2.84 bits per heavy atom. The van der Waals surface area contributed by atoms with Crippen molar-refractivity contribution in [3.63, 3.8) is 0 Å². The van der Waals surface area contributed by atoms with Crippen LogP contribution in [-0.4, -0.2) is 63.4 Å². The fourth-order valence-electron chi connectivity index (χ4n) is 2.44. The molecule has 0 atom stereocenters. The van der Waals surface area contributed by atoms with Crippen molar-refractivity contribution in [3.05, 3.63) is 28.2 Å². The van der Waals surface area contributed by atoms with Gasteiger partial charge in [-0.2, -0.15) is 0 Å². The van der Waals surface area contributed by atoms with Crippen molar-refractivity contribution >= 4 is 29.2 Å². The van der Waals surface area contributed by atoms with E-state index in [1.165, 1.54) is 0 Å². The minimum atomic E-state index is 0.478. The van der Waals surface area contributed by atoms with Gasteiger partial charge in [0.05, 0.1) is 24.8 Å². The third kappa shape index (κ3) is 8.14. The summed E-state index contributed by atoms with van der Waals surface area (Å²) in [6.45, 7) is 6.70. The molecule has 1 heterocycles. The Hall–Kier alpha value is -1.21. The number of nitrogens with two attached hydrogens (primary N) is 1. The minimum Gasteiger partial charge on any atom is -0.492 e. The van der Waals surface area contributed by atoms with Gasteiger partial charge < -0.3 is 20.5 Å². The number of hydrogen-bond acceptors (Lipinski definition) is 4. The normalized spacial score (nSPS) is 16.0. The van der Waals surface area contributed by atoms with Crippen LogP contribution in [0.3, 0.4) is 0 Å². The van der Waals surface area contributed by atoms with Crippen LogP contribution in [-0.2, 0) is 4.74 Å². The molecule has 0 saturated carbocycles. The maximum absolute atomic E-state index is 6.04. The third-order valence-corrected chi connectivity index (χ3v) is 4.33. The number of halogens is 2. The van der Waals surface area contributed by atoms with Crippen LogP contribution in [0.15, 0.2) is 23.2 Å². The van der Waals surface area contributed by atoms with Gasteiger partial charge >= 0.3 is 0 Å². The minimum absolute atomic E-state index is 0.478. The van der Waals surface area contributed by atoms with Crippen LogP contribution in [0.1, 0.15) is 12.8 Å². The molecule has 1 aromatic rings. The second-order valence-electron chi connectivity index (χ2n) is 5.78. The molecule has 1 aliphatic heterocycles. The zero-order chi connectivity index (χ0) is 17.9. The number of aliphatic imine (C=N–C) groups is 1. The second kappa shape index (κ2) is 11.4. The van der Waals surface area contributed by atoms with Crippen LogP contribution < -0.4 is 15.8 Å². The molecule has 0 radical (unpaired) electrons. The highest BCUT2D eigenvalue weighted by atomic mass is 35.5. The Morgan fingerprint density at radius 2 is 2.08 bits per heavy atom. The summed E-state index contributed by atoms with van der Waals surface area (Å²) >= 11 is 11.9. The number of guanidine groups is 1. The summed E-state index contributed by atoms with van der Waals surface area (Å²) in [6, 6.07) is 5.17. The van der Waals surface area contributed by atoms with Crippen molar-refractivity contribution < 1.29 is 9.47 Å². The highest BCUT2D eigenvalue weighted by molar-refractivity contribution is 6.35. The topological polar surface area (TPSA) is 72.1 Å². The first-order chi connectivity index (χ1) is 12.1. The number of nitrogens with one attached hydrogen (secondary N) is 1. The van der Waals surface area contributed by atoms with Crippen molar-refractivity contribution in [2.45, 2.75) is 12.8 Å². The average molecular weight is 389 g/mol. The molecule has 1 fully saturated rings. The van der Waals surface area contributed by atoms with Gasteiger partial charge in [-0.05, 0) is 31.2 Å². The molecule has 140 valence electrons. The molecule has 1 aliphatic rings. The number of hydrogen-bond donors (Lipinski definition) is 2. The first kappa shape index (κ1) is 20.1. The maximum atomic E-state index is 6.04. The van der Waals surface area contributed by atoms with E-state index in [4.69, 9.17) is 38.4 Å². The van der Waals surface area contributed by atoms with Gasteiger partial charge in [-0.3, -0.25) is 9.89 Å². The van der Waals surface area contributed by atoms with Gasteiger partial charge in [0.1, 0.15) is 5.75 Å². The zero-order valence-corrected chi connectivity index (χ0v) is 15.9. The predicted octanol–water partition coefficient (Wildman–Crippen LogP) is 2.39. The van der Waals surface area contributed by atoms with Gasteiger partial charge in [0, 0.05) is 37.6 Å². The highest BCUT2D eigenvalue weighted by Crippen LogP contribution is 2.27. The van der Waals surface area contributed by atoms with Gasteiger partial charge in [-0.1, -0.05) is 23.2 Å². The SMILES string of the molecule is NC(=NCCCOc1ccc(Cl)cc1Cl)NCCCN1CCOCC1. The average Bonchev–Trinajstić information content (AvgIpc) is 2.61. The van der Waals surface area contributed by atoms with E-state index in [9.17, 15) is 0 Å². The van der Waals surface area contributed by atoms with E-state index < -0.39 is 0 Å². The van der Waals surface area contributed by atoms with Crippen LogP contribution in [0.4, 0.5) is 0 Å². The highest BCUT2D eigenvalue weighted by Gasteiger charge is 2.09. The van der Waals surface area contributed by atoms with E-state index in [2.05, 4.69) is 15.2 Å². The van der Waals surface area contributed by atoms with E-state index in [1.807, 2.05) is 0 Å². The van der Waals surface area contributed by atoms with E-state index >= 15 is 0 Å². The van der Waals surface area contributed by atoms with E-state index in [0.717, 1.165) is 52.2 Å². The monoisotopic (exact) mass is 388 g/mol. The lowest BCUT2D eigenvalue weighted by Crippen LogP contribution is -2.39. The lowest BCUT2D eigenvalue weighted by atomic mass is 10.3. The van der Waals surface area contributed by atoms with E-state index in [1.54, 1.807) is 18.2 Å². The Labute approximate surface area is 159 Å². The van der Waals surface area contributed by atoms with Gasteiger partial charge in [0.15, 0.2) is 5.96 Å². The second-order valence-corrected chi connectivity index (χ2v) is 6.62. The molecule has 8 heteroatoms. The zero-order valence-electron chi connectivity index (χ0n) is 14.3. The third-order valence-electron chi connectivity index (χ3n) is 3.80. The Kier molecular flexibility index (Phi) is 9.18. The first-order valence-corrected chi connectivity index (χ1v) is 9.32. The van der Waals surface area contributed by atoms with Crippen LogP contribution in [0.5, 0.6) is 5.75 Å². The number of nitrogens with zero attached hydrogens (tertiary/aromatic N) is 2. The molecule has 2 rings (SSSR count). The van der Waals surface area contributed by atoms with Crippen molar-refractivity contribution in [1.82, 2.24) is 10.2 Å². The van der Waals surface area contributed by atoms with Crippen LogP contribution in [0.25, 0.3) is 0 Å². The molecule has 0 amide bonds.